The molecular formula is C15H14N2O. The predicted molar refractivity (Wildman–Crippen MR) is 73.2 cm³/mol. The smallest absolute Gasteiger partial charge is 0.300 e. The van der Waals surface area contributed by atoms with Crippen LogP contribution in [-0.4, -0.2) is 4.98 Å². The second kappa shape index (κ2) is 4.18. The second-order valence-corrected chi connectivity index (χ2v) is 4.48. The highest BCUT2D eigenvalue weighted by Crippen LogP contribution is 2.22. The van der Waals surface area contributed by atoms with Crippen molar-refractivity contribution in [2.75, 3.05) is 5.32 Å². The molecule has 1 aromatic heterocycles. The van der Waals surface area contributed by atoms with Crippen LogP contribution < -0.4 is 5.32 Å². The maximum Gasteiger partial charge on any atom is 0.300 e. The van der Waals surface area contributed by atoms with Crippen LogP contribution >= 0.6 is 0 Å². The van der Waals surface area contributed by atoms with Gasteiger partial charge in [-0.2, -0.15) is 4.98 Å². The normalized spacial score (nSPS) is 10.8. The number of oxazole rings is 1. The van der Waals surface area contributed by atoms with Crippen molar-refractivity contribution in [2.24, 2.45) is 0 Å². The van der Waals surface area contributed by atoms with E-state index < -0.39 is 0 Å². The van der Waals surface area contributed by atoms with Crippen molar-refractivity contribution in [1.29, 1.82) is 0 Å². The van der Waals surface area contributed by atoms with Crippen molar-refractivity contribution >= 4 is 22.8 Å². The molecule has 3 nitrogen and oxygen atoms in total. The van der Waals surface area contributed by atoms with Crippen molar-refractivity contribution in [3.8, 4) is 0 Å². The summed E-state index contributed by atoms with van der Waals surface area (Å²) >= 11 is 0. The summed E-state index contributed by atoms with van der Waals surface area (Å²) in [5.41, 5.74) is 5.06. The van der Waals surface area contributed by atoms with Gasteiger partial charge in [0.15, 0.2) is 5.58 Å². The zero-order valence-corrected chi connectivity index (χ0v) is 10.4. The SMILES string of the molecule is Cc1ccc(Nc2nc3cc(C)ccc3o2)cc1. The molecule has 0 bridgehead atoms. The Bertz CT molecular complexity index is 683. The van der Waals surface area contributed by atoms with Crippen LogP contribution in [0.4, 0.5) is 11.7 Å². The van der Waals surface area contributed by atoms with Crippen LogP contribution in [0.2, 0.25) is 0 Å². The van der Waals surface area contributed by atoms with Gasteiger partial charge in [0.1, 0.15) is 5.52 Å². The topological polar surface area (TPSA) is 38.1 Å². The average Bonchev–Trinajstić information content (AvgIpc) is 2.73. The minimum Gasteiger partial charge on any atom is -0.423 e. The van der Waals surface area contributed by atoms with Crippen LogP contribution in [0.15, 0.2) is 46.9 Å². The van der Waals surface area contributed by atoms with Crippen molar-refractivity contribution < 1.29 is 4.42 Å². The Morgan fingerprint density at radius 1 is 0.944 bits per heavy atom. The van der Waals surface area contributed by atoms with Gasteiger partial charge >= 0.3 is 0 Å². The Morgan fingerprint density at radius 2 is 1.67 bits per heavy atom. The van der Waals surface area contributed by atoms with E-state index in [4.69, 9.17) is 4.42 Å². The summed E-state index contributed by atoms with van der Waals surface area (Å²) < 4.78 is 5.63. The van der Waals surface area contributed by atoms with E-state index in [-0.39, 0.29) is 0 Å². The highest BCUT2D eigenvalue weighted by atomic mass is 16.4. The fourth-order valence-electron chi connectivity index (χ4n) is 1.85. The molecule has 2 aromatic carbocycles. The van der Waals surface area contributed by atoms with Gasteiger partial charge in [-0.1, -0.05) is 23.8 Å². The average molecular weight is 238 g/mol. The lowest BCUT2D eigenvalue weighted by atomic mass is 10.2. The van der Waals surface area contributed by atoms with Crippen molar-refractivity contribution in [1.82, 2.24) is 4.98 Å². The minimum absolute atomic E-state index is 0.527. The van der Waals surface area contributed by atoms with E-state index in [0.717, 1.165) is 16.8 Å². The number of nitrogens with one attached hydrogen (secondary N) is 1. The summed E-state index contributed by atoms with van der Waals surface area (Å²) in [6.07, 6.45) is 0. The third kappa shape index (κ3) is 2.07. The Hall–Kier alpha value is -2.29. The number of hydrogen-bond acceptors (Lipinski definition) is 3. The predicted octanol–water partition coefficient (Wildman–Crippen LogP) is 4.19. The van der Waals surface area contributed by atoms with E-state index in [1.54, 1.807) is 0 Å². The van der Waals surface area contributed by atoms with E-state index >= 15 is 0 Å². The van der Waals surface area contributed by atoms with E-state index in [9.17, 15) is 0 Å². The van der Waals surface area contributed by atoms with Gasteiger partial charge in [0.2, 0.25) is 0 Å². The van der Waals surface area contributed by atoms with Crippen LogP contribution in [0.25, 0.3) is 11.1 Å². The van der Waals surface area contributed by atoms with Crippen molar-refractivity contribution in [2.45, 2.75) is 13.8 Å². The fourth-order valence-corrected chi connectivity index (χ4v) is 1.85. The van der Waals surface area contributed by atoms with E-state index in [1.807, 2.05) is 37.3 Å². The third-order valence-corrected chi connectivity index (χ3v) is 2.85. The number of benzene rings is 2. The van der Waals surface area contributed by atoms with Gasteiger partial charge in [-0.15, -0.1) is 0 Å². The lowest BCUT2D eigenvalue weighted by Gasteiger charge is -2.00. The molecule has 90 valence electrons. The molecule has 0 fully saturated rings. The zero-order chi connectivity index (χ0) is 12.5. The second-order valence-electron chi connectivity index (χ2n) is 4.48. The lowest BCUT2D eigenvalue weighted by molar-refractivity contribution is 0.623. The molecule has 0 aliphatic heterocycles. The number of aromatic nitrogens is 1. The molecule has 1 heterocycles. The van der Waals surface area contributed by atoms with Gasteiger partial charge in [-0.05, 0) is 43.7 Å². The Balaban J connectivity index is 1.92. The van der Waals surface area contributed by atoms with Crippen LogP contribution in [-0.2, 0) is 0 Å². The van der Waals surface area contributed by atoms with E-state index in [2.05, 4.69) is 29.4 Å². The first-order valence-corrected chi connectivity index (χ1v) is 5.91. The number of fused-ring (bicyclic) bond motifs is 1. The van der Waals surface area contributed by atoms with Gasteiger partial charge in [0.25, 0.3) is 6.01 Å². The highest BCUT2D eigenvalue weighted by molar-refractivity contribution is 5.76. The lowest BCUT2D eigenvalue weighted by Crippen LogP contribution is -1.89. The molecule has 3 aromatic rings. The largest absolute Gasteiger partial charge is 0.423 e. The maximum absolute atomic E-state index is 5.63. The molecule has 0 atom stereocenters. The molecule has 0 unspecified atom stereocenters. The molecular weight excluding hydrogens is 224 g/mol. The first-order valence-electron chi connectivity index (χ1n) is 5.91. The Labute approximate surface area is 105 Å². The standard InChI is InChI=1S/C15H14N2O/c1-10-3-6-12(7-4-10)16-15-17-13-9-11(2)5-8-14(13)18-15/h3-9H,1-2H3,(H,16,17). The molecule has 3 heteroatoms. The summed E-state index contributed by atoms with van der Waals surface area (Å²) in [6, 6.07) is 14.6. The highest BCUT2D eigenvalue weighted by Gasteiger charge is 2.05. The molecule has 1 N–H and O–H groups in total. The Morgan fingerprint density at radius 3 is 2.44 bits per heavy atom. The Kier molecular flexibility index (Phi) is 2.52. The summed E-state index contributed by atoms with van der Waals surface area (Å²) in [7, 11) is 0. The van der Waals surface area contributed by atoms with Crippen LogP contribution in [0, 0.1) is 13.8 Å². The number of hydrogen-bond donors (Lipinski definition) is 1. The molecule has 0 aliphatic carbocycles. The van der Waals surface area contributed by atoms with Crippen molar-refractivity contribution in [3.05, 3.63) is 53.6 Å². The minimum atomic E-state index is 0.527. The van der Waals surface area contributed by atoms with Gasteiger partial charge < -0.3 is 9.73 Å². The molecule has 0 amide bonds. The number of aryl methyl sites for hydroxylation is 2. The monoisotopic (exact) mass is 238 g/mol. The summed E-state index contributed by atoms with van der Waals surface area (Å²) in [6.45, 7) is 4.10. The molecule has 0 spiro atoms. The van der Waals surface area contributed by atoms with Crippen LogP contribution in [0.5, 0.6) is 0 Å². The van der Waals surface area contributed by atoms with Gasteiger partial charge in [0.05, 0.1) is 0 Å². The first kappa shape index (κ1) is 10.8. The molecule has 3 rings (SSSR count). The number of nitrogens with zero attached hydrogens (tertiary/aromatic N) is 1. The first-order chi connectivity index (χ1) is 8.70. The molecule has 0 saturated heterocycles. The fraction of sp³-hybridized carbons (Fsp3) is 0.133. The quantitative estimate of drug-likeness (QED) is 0.727. The third-order valence-electron chi connectivity index (χ3n) is 2.85. The maximum atomic E-state index is 5.63. The van der Waals surface area contributed by atoms with Gasteiger partial charge in [-0.3, -0.25) is 0 Å². The molecule has 0 radical (unpaired) electrons. The van der Waals surface area contributed by atoms with E-state index in [1.165, 1.54) is 11.1 Å². The van der Waals surface area contributed by atoms with Crippen LogP contribution in [0.1, 0.15) is 11.1 Å². The summed E-state index contributed by atoms with van der Waals surface area (Å²) in [5, 5.41) is 3.16. The zero-order valence-electron chi connectivity index (χ0n) is 10.4. The molecule has 18 heavy (non-hydrogen) atoms. The van der Waals surface area contributed by atoms with Crippen LogP contribution in [0.3, 0.4) is 0 Å². The summed E-state index contributed by atoms with van der Waals surface area (Å²) in [4.78, 5) is 4.41. The summed E-state index contributed by atoms with van der Waals surface area (Å²) in [5.74, 6) is 0. The molecule has 0 aliphatic rings. The van der Waals surface area contributed by atoms with Gasteiger partial charge in [-0.25, -0.2) is 0 Å². The molecule has 0 saturated carbocycles. The van der Waals surface area contributed by atoms with E-state index in [0.29, 0.717) is 6.01 Å². The van der Waals surface area contributed by atoms with Crippen molar-refractivity contribution in [3.63, 3.8) is 0 Å². The van der Waals surface area contributed by atoms with Gasteiger partial charge in [0, 0.05) is 5.69 Å². The number of rotatable bonds is 2. The number of anilines is 2.